The normalized spacial score (nSPS) is 10.5. The molecule has 0 atom stereocenters. The van der Waals surface area contributed by atoms with Gasteiger partial charge in [0.1, 0.15) is 12.2 Å². The molecule has 1 N–H and O–H groups in total. The van der Waals surface area contributed by atoms with Crippen molar-refractivity contribution < 1.29 is 14.6 Å². The molecule has 0 fully saturated rings. The second-order valence-electron chi connectivity index (χ2n) is 4.73. The van der Waals surface area contributed by atoms with Crippen molar-refractivity contribution in [3.05, 3.63) is 43.9 Å². The average Bonchev–Trinajstić information content (AvgIpc) is 3.01. The van der Waals surface area contributed by atoms with Crippen LogP contribution in [0.25, 0.3) is 0 Å². The van der Waals surface area contributed by atoms with Gasteiger partial charge in [0.25, 0.3) is 0 Å². The highest BCUT2D eigenvalue weighted by atomic mass is 16.6. The van der Waals surface area contributed by atoms with Gasteiger partial charge in [0.2, 0.25) is 5.91 Å². The van der Waals surface area contributed by atoms with Crippen molar-refractivity contribution in [2.75, 3.05) is 0 Å². The number of amides is 1. The fraction of sp³-hybridized carbons (Fsp3) is 0.364. The van der Waals surface area contributed by atoms with E-state index in [9.17, 15) is 25.0 Å². The summed E-state index contributed by atoms with van der Waals surface area (Å²) < 4.78 is 2.51. The number of nitrogens with one attached hydrogen (secondary N) is 1. The van der Waals surface area contributed by atoms with Gasteiger partial charge in [-0.3, -0.25) is 19.6 Å². The Morgan fingerprint density at radius 2 is 2.04 bits per heavy atom. The molecule has 2 aromatic heterocycles. The molecule has 0 aromatic carbocycles. The van der Waals surface area contributed by atoms with E-state index in [0.29, 0.717) is 0 Å². The molecule has 122 valence electrons. The largest absolute Gasteiger partial charge is 0.468 e. The van der Waals surface area contributed by atoms with Gasteiger partial charge in [-0.05, 0) is 11.8 Å². The second-order valence-corrected chi connectivity index (χ2v) is 4.73. The molecule has 0 saturated heterocycles. The zero-order chi connectivity index (χ0) is 17.1. The molecular formula is C11H13N7O5. The Kier molecular flexibility index (Phi) is 4.34. The fourth-order valence-corrected chi connectivity index (χ4v) is 1.97. The molecule has 0 aliphatic carbocycles. The lowest BCUT2D eigenvalue weighted by molar-refractivity contribution is -0.424. The molecule has 0 spiro atoms. The van der Waals surface area contributed by atoms with Crippen LogP contribution >= 0.6 is 0 Å². The van der Waals surface area contributed by atoms with Crippen molar-refractivity contribution in [3.8, 4) is 0 Å². The van der Waals surface area contributed by atoms with Gasteiger partial charge < -0.3 is 15.4 Å². The lowest BCUT2D eigenvalue weighted by Gasteiger charge is -2.02. The average molecular weight is 323 g/mol. The van der Waals surface area contributed by atoms with Crippen LogP contribution in [0.15, 0.2) is 12.4 Å². The van der Waals surface area contributed by atoms with Gasteiger partial charge in [0.15, 0.2) is 0 Å². The first-order valence-electron chi connectivity index (χ1n) is 6.40. The summed E-state index contributed by atoms with van der Waals surface area (Å²) >= 11 is 0. The van der Waals surface area contributed by atoms with Crippen LogP contribution in [0.4, 0.5) is 11.5 Å². The summed E-state index contributed by atoms with van der Waals surface area (Å²) in [5.41, 5.74) is 0.00304. The summed E-state index contributed by atoms with van der Waals surface area (Å²) in [7, 11) is 1.73. The van der Waals surface area contributed by atoms with Gasteiger partial charge in [-0.1, -0.05) is 0 Å². The molecule has 2 rings (SSSR count). The SMILES string of the molecule is Cc1c([N+](=O)[O-])c([N+](=O)[O-])nn1CC(=O)NCc1cnn(C)c1. The van der Waals surface area contributed by atoms with Crippen molar-refractivity contribution in [3.63, 3.8) is 0 Å². The van der Waals surface area contributed by atoms with E-state index in [1.54, 1.807) is 24.1 Å². The summed E-state index contributed by atoms with van der Waals surface area (Å²) in [6.45, 7) is 1.16. The highest BCUT2D eigenvalue weighted by molar-refractivity contribution is 5.76. The predicted molar refractivity (Wildman–Crippen MR) is 75.3 cm³/mol. The molecule has 0 radical (unpaired) electrons. The van der Waals surface area contributed by atoms with Gasteiger partial charge in [0.05, 0.1) is 16.2 Å². The van der Waals surface area contributed by atoms with Crippen LogP contribution in [0.1, 0.15) is 11.3 Å². The number of rotatable bonds is 6. The molecule has 23 heavy (non-hydrogen) atoms. The molecule has 2 aromatic rings. The molecule has 0 unspecified atom stereocenters. The molecule has 1 amide bonds. The van der Waals surface area contributed by atoms with Crippen LogP contribution in [0.5, 0.6) is 0 Å². The number of carbonyl (C=O) groups excluding carboxylic acids is 1. The van der Waals surface area contributed by atoms with Crippen molar-refractivity contribution in [2.24, 2.45) is 7.05 Å². The van der Waals surface area contributed by atoms with E-state index < -0.39 is 27.3 Å². The highest BCUT2D eigenvalue weighted by Gasteiger charge is 2.35. The van der Waals surface area contributed by atoms with E-state index in [4.69, 9.17) is 0 Å². The Morgan fingerprint density at radius 3 is 2.52 bits per heavy atom. The maximum atomic E-state index is 11.9. The van der Waals surface area contributed by atoms with Gasteiger partial charge in [-0.2, -0.15) is 9.78 Å². The number of nitro groups is 2. The topological polar surface area (TPSA) is 151 Å². The summed E-state index contributed by atoms with van der Waals surface area (Å²) in [5.74, 6) is -1.36. The monoisotopic (exact) mass is 323 g/mol. The molecular weight excluding hydrogens is 310 g/mol. The zero-order valence-corrected chi connectivity index (χ0v) is 12.3. The molecule has 12 heteroatoms. The molecule has 2 heterocycles. The molecule has 0 aliphatic rings. The van der Waals surface area contributed by atoms with Gasteiger partial charge in [0, 0.05) is 25.4 Å². The van der Waals surface area contributed by atoms with E-state index in [1.807, 2.05) is 0 Å². The smallest absolute Gasteiger partial charge is 0.358 e. The van der Waals surface area contributed by atoms with Crippen LogP contribution in [0.2, 0.25) is 0 Å². The van der Waals surface area contributed by atoms with Crippen molar-refractivity contribution in [1.82, 2.24) is 24.9 Å². The van der Waals surface area contributed by atoms with Crippen molar-refractivity contribution in [1.29, 1.82) is 0 Å². The first-order valence-corrected chi connectivity index (χ1v) is 6.40. The summed E-state index contributed by atoms with van der Waals surface area (Å²) in [6.07, 6.45) is 3.30. The third-order valence-electron chi connectivity index (χ3n) is 3.05. The standard InChI is InChI=1S/C11H13N7O5/c1-7-10(17(20)21)11(18(22)23)14-16(7)6-9(19)12-3-8-4-13-15(2)5-8/h4-5H,3,6H2,1-2H3,(H,12,19). The Labute approximate surface area is 129 Å². The lowest BCUT2D eigenvalue weighted by atomic mass is 10.3. The minimum atomic E-state index is -0.949. The minimum Gasteiger partial charge on any atom is -0.358 e. The van der Waals surface area contributed by atoms with E-state index in [2.05, 4.69) is 15.5 Å². The fourth-order valence-electron chi connectivity index (χ4n) is 1.97. The number of aromatic nitrogens is 4. The third-order valence-corrected chi connectivity index (χ3v) is 3.05. The number of carbonyl (C=O) groups is 1. The molecule has 12 nitrogen and oxygen atoms in total. The van der Waals surface area contributed by atoms with Crippen molar-refractivity contribution in [2.45, 2.75) is 20.0 Å². The van der Waals surface area contributed by atoms with Gasteiger partial charge >= 0.3 is 11.5 Å². The maximum absolute atomic E-state index is 11.9. The third kappa shape index (κ3) is 3.48. The minimum absolute atomic E-state index is 0.0572. The second kappa shape index (κ2) is 6.21. The number of aryl methyl sites for hydroxylation is 1. The van der Waals surface area contributed by atoms with Gasteiger partial charge in [-0.25, -0.2) is 0 Å². The number of hydrogen-bond donors (Lipinski definition) is 1. The first kappa shape index (κ1) is 16.1. The predicted octanol–water partition coefficient (Wildman–Crippen LogP) is 0.0578. The van der Waals surface area contributed by atoms with Crippen LogP contribution in [-0.4, -0.2) is 35.3 Å². The molecule has 0 aliphatic heterocycles. The van der Waals surface area contributed by atoms with Crippen LogP contribution in [0, 0.1) is 27.2 Å². The van der Waals surface area contributed by atoms with Gasteiger partial charge in [-0.15, -0.1) is 0 Å². The number of nitrogens with zero attached hydrogens (tertiary/aromatic N) is 6. The highest BCUT2D eigenvalue weighted by Crippen LogP contribution is 2.28. The lowest BCUT2D eigenvalue weighted by Crippen LogP contribution is -2.27. The Hall–Kier alpha value is -3.31. The van der Waals surface area contributed by atoms with Crippen LogP contribution in [0.3, 0.4) is 0 Å². The van der Waals surface area contributed by atoms with E-state index in [-0.39, 0.29) is 18.8 Å². The van der Waals surface area contributed by atoms with Crippen LogP contribution in [-0.2, 0) is 24.9 Å². The van der Waals surface area contributed by atoms with E-state index in [0.717, 1.165) is 10.2 Å². The summed E-state index contributed by atoms with van der Waals surface area (Å²) in [4.78, 5) is 31.7. The Bertz CT molecular complexity index is 778. The first-order chi connectivity index (χ1) is 10.8. The molecule has 0 bridgehead atoms. The zero-order valence-electron chi connectivity index (χ0n) is 12.3. The maximum Gasteiger partial charge on any atom is 0.468 e. The summed E-state index contributed by atoms with van der Waals surface area (Å²) in [6, 6.07) is 0. The van der Waals surface area contributed by atoms with E-state index in [1.165, 1.54) is 6.92 Å². The Balaban J connectivity index is 2.10. The van der Waals surface area contributed by atoms with Crippen molar-refractivity contribution >= 4 is 17.4 Å². The number of hydrogen-bond acceptors (Lipinski definition) is 7. The van der Waals surface area contributed by atoms with Crippen LogP contribution < -0.4 is 5.32 Å². The Morgan fingerprint density at radius 1 is 1.35 bits per heavy atom. The summed E-state index contributed by atoms with van der Waals surface area (Å²) in [5, 5.41) is 31.8. The van der Waals surface area contributed by atoms with E-state index >= 15 is 0 Å². The quantitative estimate of drug-likeness (QED) is 0.582. The molecule has 0 saturated carbocycles.